The Morgan fingerprint density at radius 3 is 2.12 bits per heavy atom. The van der Waals surface area contributed by atoms with Crippen molar-refractivity contribution in [1.29, 1.82) is 0 Å². The molecule has 1 aromatic heterocycles. The fourth-order valence-electron chi connectivity index (χ4n) is 3.67. The number of halogens is 6. The van der Waals surface area contributed by atoms with Crippen molar-refractivity contribution in [3.05, 3.63) is 52.9 Å². The molecule has 0 aliphatic carbocycles. The van der Waals surface area contributed by atoms with Crippen molar-refractivity contribution in [1.82, 2.24) is 0 Å². The second-order valence-corrected chi connectivity index (χ2v) is 11.1. The van der Waals surface area contributed by atoms with Gasteiger partial charge in [-0.3, -0.25) is 4.79 Å². The molecule has 13 heteroatoms. The Kier molecular flexibility index (Phi) is 9.43. The number of methoxy groups -OCH3 is 1. The maximum Gasteiger partial charge on any atom is 0.573 e. The van der Waals surface area contributed by atoms with Crippen LogP contribution in [0.3, 0.4) is 0 Å². The topological polar surface area (TPSA) is 84.2 Å². The molecule has 3 rings (SSSR count). The van der Waals surface area contributed by atoms with Gasteiger partial charge in [0, 0.05) is 29.5 Å². The molecule has 0 aliphatic heterocycles. The predicted octanol–water partition coefficient (Wildman–Crippen LogP) is 7.68. The van der Waals surface area contributed by atoms with Crippen molar-refractivity contribution < 1.29 is 54.5 Å². The lowest BCUT2D eigenvalue weighted by Gasteiger charge is -2.31. The van der Waals surface area contributed by atoms with Crippen molar-refractivity contribution >= 4 is 16.9 Å². The van der Waals surface area contributed by atoms with E-state index in [0.717, 1.165) is 13.0 Å². The number of benzene rings is 2. The summed E-state index contributed by atoms with van der Waals surface area (Å²) in [6.45, 7) is 4.64. The van der Waals surface area contributed by atoms with E-state index < -0.39 is 48.5 Å². The molecular weight excluding hydrogens is 574 g/mol. The van der Waals surface area contributed by atoms with Crippen LogP contribution < -0.4 is 19.8 Å². The lowest BCUT2D eigenvalue weighted by molar-refractivity contribution is -0.274. The quantitative estimate of drug-likeness (QED) is 0.133. The average Bonchev–Trinajstić information content (AvgIpc) is 2.87. The first-order chi connectivity index (χ1) is 19.3. The second-order valence-electron chi connectivity index (χ2n) is 11.1. The first-order valence-electron chi connectivity index (χ1n) is 12.7. The van der Waals surface area contributed by atoms with Crippen LogP contribution in [0.2, 0.25) is 0 Å². The van der Waals surface area contributed by atoms with Crippen LogP contribution in [0, 0.1) is 10.8 Å². The van der Waals surface area contributed by atoms with Gasteiger partial charge in [-0.05, 0) is 49.1 Å². The molecule has 0 saturated carbocycles. The minimum Gasteiger partial charge on any atom is -0.497 e. The highest BCUT2D eigenvalue weighted by molar-refractivity contribution is 5.84. The number of rotatable bonds is 10. The fraction of sp³-hybridized carbons (Fsp3) is 0.448. The zero-order chi connectivity index (χ0) is 31.5. The van der Waals surface area contributed by atoms with E-state index in [2.05, 4.69) is 4.74 Å². The number of carbonyl (C=O) groups is 1. The minimum atomic E-state index is -5.06. The molecule has 1 unspecified atom stereocenters. The van der Waals surface area contributed by atoms with Crippen LogP contribution in [0.4, 0.5) is 26.3 Å². The Hall–Kier alpha value is -3.90. The van der Waals surface area contributed by atoms with Gasteiger partial charge in [0.15, 0.2) is 0 Å². The molecule has 0 bridgehead atoms. The van der Waals surface area contributed by atoms with Gasteiger partial charge in [-0.25, -0.2) is 4.79 Å². The highest BCUT2D eigenvalue weighted by Gasteiger charge is 2.53. The van der Waals surface area contributed by atoms with E-state index in [0.29, 0.717) is 6.42 Å². The largest absolute Gasteiger partial charge is 0.573 e. The van der Waals surface area contributed by atoms with Crippen LogP contribution in [-0.2, 0) is 9.53 Å². The summed E-state index contributed by atoms with van der Waals surface area (Å²) in [7, 11) is 1.24. The summed E-state index contributed by atoms with van der Waals surface area (Å²) >= 11 is 0. The SMILES string of the molecule is COc1ccc(-c2cc3ccc(OCC(C)(COC(=O)CCC(C)(C)C)C(F)(F)F)cc3oc2=O)c(OC(F)(F)F)c1. The molecule has 0 fully saturated rings. The van der Waals surface area contributed by atoms with Gasteiger partial charge in [-0.2, -0.15) is 13.2 Å². The zero-order valence-electron chi connectivity index (χ0n) is 23.5. The van der Waals surface area contributed by atoms with Gasteiger partial charge in [-0.1, -0.05) is 20.8 Å². The van der Waals surface area contributed by atoms with E-state index in [4.69, 9.17) is 18.6 Å². The fourth-order valence-corrected chi connectivity index (χ4v) is 3.67. The summed E-state index contributed by atoms with van der Waals surface area (Å²) in [5, 5.41) is 0.247. The van der Waals surface area contributed by atoms with Crippen molar-refractivity contribution in [2.75, 3.05) is 20.3 Å². The smallest absolute Gasteiger partial charge is 0.497 e. The third-order valence-corrected chi connectivity index (χ3v) is 6.28. The Balaban J connectivity index is 1.83. The van der Waals surface area contributed by atoms with Crippen LogP contribution in [0.5, 0.6) is 17.2 Å². The lowest BCUT2D eigenvalue weighted by Crippen LogP contribution is -2.44. The number of hydrogen-bond acceptors (Lipinski definition) is 7. The Morgan fingerprint density at radius 1 is 0.857 bits per heavy atom. The molecule has 0 radical (unpaired) electrons. The molecule has 2 aromatic carbocycles. The molecule has 230 valence electrons. The van der Waals surface area contributed by atoms with Crippen LogP contribution in [-0.4, -0.2) is 38.8 Å². The zero-order valence-corrected chi connectivity index (χ0v) is 23.5. The summed E-state index contributed by atoms with van der Waals surface area (Å²) in [5.41, 5.74) is -4.34. The normalized spacial score (nSPS) is 13.9. The molecule has 0 spiro atoms. The standard InChI is InChI=1S/C29H30F6O7/c1-26(2,3)11-10-24(36)40-16-27(4,28(30,31)32)15-39-19-7-6-17-12-21(25(37)41-22(17)14-19)20-9-8-18(38-5)13-23(20)42-29(33,34)35/h6-9,12-14H,10-11,15-16H2,1-5H3. The summed E-state index contributed by atoms with van der Waals surface area (Å²) in [5.74, 6) is -1.49. The van der Waals surface area contributed by atoms with Crippen molar-refractivity contribution in [3.8, 4) is 28.4 Å². The summed E-state index contributed by atoms with van der Waals surface area (Å²) in [4.78, 5) is 24.8. The maximum atomic E-state index is 13.9. The predicted molar refractivity (Wildman–Crippen MR) is 140 cm³/mol. The monoisotopic (exact) mass is 604 g/mol. The van der Waals surface area contributed by atoms with Gasteiger partial charge < -0.3 is 23.4 Å². The molecular formula is C29H30F6O7. The van der Waals surface area contributed by atoms with Crippen molar-refractivity contribution in [2.45, 2.75) is 53.1 Å². The van der Waals surface area contributed by atoms with E-state index in [-0.39, 0.29) is 45.4 Å². The lowest BCUT2D eigenvalue weighted by atomic mass is 9.90. The van der Waals surface area contributed by atoms with Gasteiger partial charge >= 0.3 is 24.1 Å². The van der Waals surface area contributed by atoms with E-state index in [9.17, 15) is 35.9 Å². The van der Waals surface area contributed by atoms with E-state index >= 15 is 0 Å². The van der Waals surface area contributed by atoms with Gasteiger partial charge in [-0.15, -0.1) is 13.2 Å². The number of hydrogen-bond donors (Lipinski definition) is 0. The van der Waals surface area contributed by atoms with Gasteiger partial charge in [0.25, 0.3) is 0 Å². The van der Waals surface area contributed by atoms with E-state index in [1.54, 1.807) is 0 Å². The van der Waals surface area contributed by atoms with Crippen LogP contribution in [0.25, 0.3) is 22.1 Å². The number of fused-ring (bicyclic) bond motifs is 1. The molecule has 3 aromatic rings. The minimum absolute atomic E-state index is 0.0374. The molecule has 0 N–H and O–H groups in total. The Bertz CT molecular complexity index is 1470. The first kappa shape index (κ1) is 32.6. The Labute approximate surface area is 237 Å². The third-order valence-electron chi connectivity index (χ3n) is 6.28. The van der Waals surface area contributed by atoms with Crippen molar-refractivity contribution in [2.24, 2.45) is 10.8 Å². The number of ether oxygens (including phenoxy) is 4. The van der Waals surface area contributed by atoms with E-state index in [1.807, 2.05) is 20.8 Å². The molecule has 0 aliphatic rings. The summed E-state index contributed by atoms with van der Waals surface area (Å²) in [6, 6.07) is 8.59. The highest BCUT2D eigenvalue weighted by Crippen LogP contribution is 2.40. The van der Waals surface area contributed by atoms with Gasteiger partial charge in [0.2, 0.25) is 0 Å². The highest BCUT2D eigenvalue weighted by atomic mass is 19.4. The molecule has 1 atom stereocenters. The first-order valence-corrected chi connectivity index (χ1v) is 12.7. The average molecular weight is 605 g/mol. The molecule has 7 nitrogen and oxygen atoms in total. The number of alkyl halides is 6. The van der Waals surface area contributed by atoms with Crippen LogP contribution in [0.1, 0.15) is 40.5 Å². The van der Waals surface area contributed by atoms with Gasteiger partial charge in [0.1, 0.15) is 41.5 Å². The molecule has 1 heterocycles. The number of carbonyl (C=O) groups excluding carboxylic acids is 1. The van der Waals surface area contributed by atoms with Crippen LogP contribution in [0.15, 0.2) is 51.7 Å². The molecule has 42 heavy (non-hydrogen) atoms. The maximum absolute atomic E-state index is 13.9. The van der Waals surface area contributed by atoms with Crippen LogP contribution >= 0.6 is 0 Å². The van der Waals surface area contributed by atoms with E-state index in [1.165, 1.54) is 43.5 Å². The second kappa shape index (κ2) is 12.1. The molecule has 0 saturated heterocycles. The molecule has 0 amide bonds. The summed E-state index contributed by atoms with van der Waals surface area (Å²) < 4.78 is 105. The number of esters is 1. The Morgan fingerprint density at radius 2 is 1.52 bits per heavy atom. The van der Waals surface area contributed by atoms with Crippen molar-refractivity contribution in [3.63, 3.8) is 0 Å². The summed E-state index contributed by atoms with van der Waals surface area (Å²) in [6.07, 6.45) is -9.45. The third kappa shape index (κ3) is 8.56. The van der Waals surface area contributed by atoms with Gasteiger partial charge in [0.05, 0.1) is 12.7 Å².